The zero-order valence-electron chi connectivity index (χ0n) is 15.9. The first-order chi connectivity index (χ1) is 11.7. The Balaban J connectivity index is 2.57. The maximum absolute atomic E-state index is 11.6. The van der Waals surface area contributed by atoms with Gasteiger partial charge in [0.25, 0.3) is 0 Å². The molecule has 138 valence electrons. The normalized spacial score (nSPS) is 13.0. The van der Waals surface area contributed by atoms with Crippen LogP contribution in [0.15, 0.2) is 64.1 Å². The predicted octanol–water partition coefficient (Wildman–Crippen LogP) is 5.30. The minimum atomic E-state index is -3.67. The molecule has 0 saturated heterocycles. The van der Waals surface area contributed by atoms with E-state index in [1.807, 2.05) is 12.1 Å². The molecular formula is C21H31NO2S. The minimum absolute atomic E-state index is 0.217. The van der Waals surface area contributed by atoms with Crippen molar-refractivity contribution < 1.29 is 8.42 Å². The summed E-state index contributed by atoms with van der Waals surface area (Å²) in [6.07, 6.45) is 11.5. The van der Waals surface area contributed by atoms with Crippen molar-refractivity contribution in [1.29, 1.82) is 0 Å². The van der Waals surface area contributed by atoms with Crippen molar-refractivity contribution in [1.82, 2.24) is 0 Å². The van der Waals surface area contributed by atoms with Crippen molar-refractivity contribution in [3.8, 4) is 0 Å². The molecule has 0 unspecified atom stereocenters. The molecule has 4 heteroatoms. The van der Waals surface area contributed by atoms with E-state index in [1.165, 1.54) is 16.7 Å². The summed E-state index contributed by atoms with van der Waals surface area (Å²) in [5.74, 6) is 0. The SMILES string of the molecule is CC(C)=CCC/C(C)=C/CC/C(C)=C/Cc1ccccc1S(N)(=O)=O. The number of nitrogens with two attached hydrogens (primary N) is 1. The highest BCUT2D eigenvalue weighted by Gasteiger charge is 2.11. The topological polar surface area (TPSA) is 60.2 Å². The summed E-state index contributed by atoms with van der Waals surface area (Å²) in [6.45, 7) is 8.52. The Morgan fingerprint density at radius 3 is 2.08 bits per heavy atom. The van der Waals surface area contributed by atoms with Crippen LogP contribution in [0.4, 0.5) is 0 Å². The Morgan fingerprint density at radius 2 is 1.48 bits per heavy atom. The van der Waals surface area contributed by atoms with Crippen molar-refractivity contribution in [2.75, 3.05) is 0 Å². The Kier molecular flexibility index (Phi) is 8.87. The van der Waals surface area contributed by atoms with Crippen LogP contribution in [0.5, 0.6) is 0 Å². The van der Waals surface area contributed by atoms with Crippen LogP contribution in [0.2, 0.25) is 0 Å². The Bertz CT molecular complexity index is 752. The number of allylic oxidation sites excluding steroid dienone is 6. The second-order valence-electron chi connectivity index (χ2n) is 6.82. The first-order valence-corrected chi connectivity index (χ1v) is 10.3. The highest BCUT2D eigenvalue weighted by Crippen LogP contribution is 2.17. The van der Waals surface area contributed by atoms with Crippen LogP contribution in [0.3, 0.4) is 0 Å². The Hall–Kier alpha value is -1.65. The molecule has 25 heavy (non-hydrogen) atoms. The predicted molar refractivity (Wildman–Crippen MR) is 107 cm³/mol. The van der Waals surface area contributed by atoms with Crippen LogP contribution < -0.4 is 5.14 Å². The summed E-state index contributed by atoms with van der Waals surface area (Å²) in [7, 11) is -3.67. The van der Waals surface area contributed by atoms with E-state index in [-0.39, 0.29) is 4.90 Å². The maximum Gasteiger partial charge on any atom is 0.238 e. The third-order valence-electron chi connectivity index (χ3n) is 4.07. The Labute approximate surface area is 153 Å². The summed E-state index contributed by atoms with van der Waals surface area (Å²) in [6, 6.07) is 6.91. The van der Waals surface area contributed by atoms with E-state index in [2.05, 4.69) is 45.9 Å². The van der Waals surface area contributed by atoms with Crippen molar-refractivity contribution >= 4 is 10.0 Å². The highest BCUT2D eigenvalue weighted by molar-refractivity contribution is 7.89. The maximum atomic E-state index is 11.6. The molecule has 0 fully saturated rings. The summed E-state index contributed by atoms with van der Waals surface area (Å²) in [5.41, 5.74) is 4.80. The first-order valence-electron chi connectivity index (χ1n) is 8.75. The van der Waals surface area contributed by atoms with E-state index < -0.39 is 10.0 Å². The highest BCUT2D eigenvalue weighted by atomic mass is 32.2. The number of hydrogen-bond acceptors (Lipinski definition) is 2. The largest absolute Gasteiger partial charge is 0.238 e. The number of primary sulfonamides is 1. The smallest absolute Gasteiger partial charge is 0.225 e. The zero-order chi connectivity index (χ0) is 18.9. The van der Waals surface area contributed by atoms with Gasteiger partial charge in [-0.25, -0.2) is 13.6 Å². The molecule has 0 aliphatic carbocycles. The van der Waals surface area contributed by atoms with E-state index in [9.17, 15) is 8.42 Å². The molecular weight excluding hydrogens is 330 g/mol. The van der Waals surface area contributed by atoms with Crippen LogP contribution >= 0.6 is 0 Å². The van der Waals surface area contributed by atoms with Crippen LogP contribution in [0, 0.1) is 0 Å². The lowest BCUT2D eigenvalue weighted by molar-refractivity contribution is 0.597. The van der Waals surface area contributed by atoms with Gasteiger partial charge in [0.05, 0.1) is 4.90 Å². The van der Waals surface area contributed by atoms with Crippen LogP contribution in [-0.4, -0.2) is 8.42 Å². The van der Waals surface area contributed by atoms with Gasteiger partial charge in [0, 0.05) is 0 Å². The lowest BCUT2D eigenvalue weighted by Gasteiger charge is -2.06. The fourth-order valence-corrected chi connectivity index (χ4v) is 3.36. The molecule has 1 rings (SSSR count). The fourth-order valence-electron chi connectivity index (χ4n) is 2.57. The summed E-state index contributed by atoms with van der Waals surface area (Å²) >= 11 is 0. The molecule has 0 aliphatic rings. The van der Waals surface area contributed by atoms with Gasteiger partial charge in [0.1, 0.15) is 0 Å². The van der Waals surface area contributed by atoms with E-state index >= 15 is 0 Å². The quantitative estimate of drug-likeness (QED) is 0.607. The third-order valence-corrected chi connectivity index (χ3v) is 5.08. The average molecular weight is 362 g/mol. The van der Waals surface area contributed by atoms with E-state index in [0.717, 1.165) is 31.2 Å². The number of rotatable bonds is 9. The lowest BCUT2D eigenvalue weighted by Crippen LogP contribution is -2.14. The van der Waals surface area contributed by atoms with Gasteiger partial charge < -0.3 is 0 Å². The molecule has 1 aromatic rings. The standard InChI is InChI=1S/C21H31NO2S/c1-17(2)9-7-10-18(3)11-8-12-19(4)15-16-20-13-5-6-14-21(20)25(22,23)24/h5-6,9,11,13-15H,7-8,10,12,16H2,1-4H3,(H2,22,23,24)/b18-11+,19-15+. The molecule has 0 radical (unpaired) electrons. The van der Waals surface area contributed by atoms with Crippen LogP contribution in [0.1, 0.15) is 58.9 Å². The van der Waals surface area contributed by atoms with Gasteiger partial charge in [-0.05, 0) is 71.4 Å². The number of sulfonamides is 1. The molecule has 0 bridgehead atoms. The van der Waals surface area contributed by atoms with Crippen molar-refractivity contribution in [3.05, 3.63) is 64.8 Å². The van der Waals surface area contributed by atoms with E-state index in [1.54, 1.807) is 12.1 Å². The van der Waals surface area contributed by atoms with Crippen molar-refractivity contribution in [2.24, 2.45) is 5.14 Å². The first kappa shape index (κ1) is 21.4. The van der Waals surface area contributed by atoms with Crippen molar-refractivity contribution in [3.63, 3.8) is 0 Å². The zero-order valence-corrected chi connectivity index (χ0v) is 16.7. The van der Waals surface area contributed by atoms with Crippen LogP contribution in [-0.2, 0) is 16.4 Å². The minimum Gasteiger partial charge on any atom is -0.225 e. The number of benzene rings is 1. The molecule has 0 aliphatic heterocycles. The molecule has 3 nitrogen and oxygen atoms in total. The molecule has 0 saturated carbocycles. The van der Waals surface area contributed by atoms with Gasteiger partial charge in [-0.3, -0.25) is 0 Å². The molecule has 1 aromatic carbocycles. The van der Waals surface area contributed by atoms with E-state index in [4.69, 9.17) is 5.14 Å². The second-order valence-corrected chi connectivity index (χ2v) is 8.35. The van der Waals surface area contributed by atoms with E-state index in [0.29, 0.717) is 6.42 Å². The van der Waals surface area contributed by atoms with Gasteiger partial charge in [-0.15, -0.1) is 0 Å². The molecule has 0 aromatic heterocycles. The van der Waals surface area contributed by atoms with Gasteiger partial charge in [-0.1, -0.05) is 53.1 Å². The summed E-state index contributed by atoms with van der Waals surface area (Å²) in [5, 5.41) is 5.28. The van der Waals surface area contributed by atoms with Crippen LogP contribution in [0.25, 0.3) is 0 Å². The van der Waals surface area contributed by atoms with Gasteiger partial charge in [0.2, 0.25) is 10.0 Å². The molecule has 0 amide bonds. The second kappa shape index (κ2) is 10.4. The third kappa shape index (κ3) is 8.84. The Morgan fingerprint density at radius 1 is 0.920 bits per heavy atom. The molecule has 0 spiro atoms. The average Bonchev–Trinajstić information content (AvgIpc) is 2.52. The summed E-state index contributed by atoms with van der Waals surface area (Å²) in [4.78, 5) is 0.217. The van der Waals surface area contributed by atoms with Crippen molar-refractivity contribution in [2.45, 2.75) is 64.7 Å². The fraction of sp³-hybridized carbons (Fsp3) is 0.429. The molecule has 0 heterocycles. The number of hydrogen-bond donors (Lipinski definition) is 1. The molecule has 2 N–H and O–H groups in total. The molecule has 0 atom stereocenters. The lowest BCUT2D eigenvalue weighted by atomic mass is 10.0. The van der Waals surface area contributed by atoms with Gasteiger partial charge in [-0.2, -0.15) is 0 Å². The summed E-state index contributed by atoms with van der Waals surface area (Å²) < 4.78 is 23.2. The van der Waals surface area contributed by atoms with Gasteiger partial charge in [0.15, 0.2) is 0 Å². The van der Waals surface area contributed by atoms with Gasteiger partial charge >= 0.3 is 0 Å². The monoisotopic (exact) mass is 361 g/mol.